The number of hydrogen-bond donors (Lipinski definition) is 1. The van der Waals surface area contributed by atoms with E-state index in [9.17, 15) is 22.8 Å². The van der Waals surface area contributed by atoms with Crippen LogP contribution in [-0.2, 0) is 16.6 Å². The van der Waals surface area contributed by atoms with E-state index in [2.05, 4.69) is 20.3 Å². The van der Waals surface area contributed by atoms with Crippen LogP contribution < -0.4 is 10.1 Å². The Kier molecular flexibility index (Phi) is 8.14. The number of thiophene rings is 1. The lowest BCUT2D eigenvalue weighted by molar-refractivity contribution is -0.113. The molecule has 0 saturated carbocycles. The number of amides is 1. The third kappa shape index (κ3) is 6.12. The van der Waals surface area contributed by atoms with Crippen molar-refractivity contribution in [1.82, 2.24) is 14.8 Å². The number of hydrogen-bond acceptors (Lipinski definition) is 8. The van der Waals surface area contributed by atoms with Crippen LogP contribution in [0.15, 0.2) is 59.1 Å². The van der Waals surface area contributed by atoms with Gasteiger partial charge in [-0.15, -0.1) is 21.5 Å². The van der Waals surface area contributed by atoms with Crippen molar-refractivity contribution < 1.29 is 32.2 Å². The van der Waals surface area contributed by atoms with E-state index in [1.165, 1.54) is 43.5 Å². The second-order valence-electron chi connectivity index (χ2n) is 7.46. The van der Waals surface area contributed by atoms with Crippen LogP contribution in [0.3, 0.4) is 0 Å². The molecular formula is C24H19F3N4O4S2. The summed E-state index contributed by atoms with van der Waals surface area (Å²) >= 11 is 2.28. The summed E-state index contributed by atoms with van der Waals surface area (Å²) in [6, 6.07) is 11.6. The molecular weight excluding hydrogens is 529 g/mol. The molecule has 1 amide bonds. The van der Waals surface area contributed by atoms with Gasteiger partial charge in [0.25, 0.3) is 0 Å². The first-order chi connectivity index (χ1) is 17.8. The monoisotopic (exact) mass is 548 g/mol. The first kappa shape index (κ1) is 26.2. The van der Waals surface area contributed by atoms with Gasteiger partial charge < -0.3 is 19.4 Å². The van der Waals surface area contributed by atoms with E-state index < -0.39 is 18.4 Å². The minimum Gasteiger partial charge on any atom is -0.465 e. The zero-order valence-electron chi connectivity index (χ0n) is 19.4. The van der Waals surface area contributed by atoms with Crippen LogP contribution in [0.25, 0.3) is 22.5 Å². The van der Waals surface area contributed by atoms with Gasteiger partial charge in [0, 0.05) is 23.6 Å². The summed E-state index contributed by atoms with van der Waals surface area (Å²) in [6.07, 6.45) is 0. The molecule has 2 aromatic heterocycles. The molecule has 4 aromatic rings. The number of ether oxygens (including phenoxy) is 2. The second-order valence-corrected chi connectivity index (χ2v) is 9.28. The third-order valence-corrected chi connectivity index (χ3v) is 7.01. The number of halogens is 3. The van der Waals surface area contributed by atoms with Crippen molar-refractivity contribution in [2.75, 3.05) is 18.2 Å². The largest absolute Gasteiger partial charge is 0.465 e. The Bertz CT molecular complexity index is 1410. The summed E-state index contributed by atoms with van der Waals surface area (Å²) in [5.74, 6) is -0.963. The summed E-state index contributed by atoms with van der Waals surface area (Å²) in [6.45, 7) is -2.91. The zero-order valence-corrected chi connectivity index (χ0v) is 21.0. The Labute approximate surface area is 217 Å². The number of nitrogens with one attached hydrogen (secondary N) is 1. The van der Waals surface area contributed by atoms with Gasteiger partial charge in [0.15, 0.2) is 11.0 Å². The van der Waals surface area contributed by atoms with Crippen LogP contribution in [0.1, 0.15) is 10.4 Å². The summed E-state index contributed by atoms with van der Waals surface area (Å²) < 4.78 is 48.9. The number of esters is 1. The first-order valence-electron chi connectivity index (χ1n) is 10.6. The Hall–Kier alpha value is -3.84. The average molecular weight is 549 g/mol. The lowest BCUT2D eigenvalue weighted by Crippen LogP contribution is -2.16. The maximum atomic E-state index is 13.3. The highest BCUT2D eigenvalue weighted by atomic mass is 32.2. The molecule has 0 fully saturated rings. The molecule has 2 aromatic carbocycles. The predicted octanol–water partition coefficient (Wildman–Crippen LogP) is 5.47. The standard InChI is InChI=1S/C24H19F3N4O4S2/c1-31-20(14-5-9-16(10-6-14)35-23(26)27)29-30-24(31)37-12-18(32)28-21-19(22(33)34-2)17(11-36-21)13-3-7-15(25)8-4-13/h3-11,23H,12H2,1-2H3,(H,28,32). The van der Waals surface area contributed by atoms with Crippen molar-refractivity contribution >= 4 is 40.0 Å². The van der Waals surface area contributed by atoms with Crippen molar-refractivity contribution in [2.45, 2.75) is 11.8 Å². The van der Waals surface area contributed by atoms with Crippen molar-refractivity contribution in [2.24, 2.45) is 7.05 Å². The SMILES string of the molecule is COC(=O)c1c(-c2ccc(F)cc2)csc1NC(=O)CSc1nnc(-c2ccc(OC(F)F)cc2)n1C. The Morgan fingerprint density at radius 1 is 1.08 bits per heavy atom. The number of nitrogens with zero attached hydrogens (tertiary/aromatic N) is 3. The van der Waals surface area contributed by atoms with Crippen LogP contribution in [-0.4, -0.2) is 46.1 Å². The number of rotatable bonds is 9. The van der Waals surface area contributed by atoms with Gasteiger partial charge in [-0.05, 0) is 42.0 Å². The highest BCUT2D eigenvalue weighted by Crippen LogP contribution is 2.36. The number of alkyl halides is 2. The fourth-order valence-electron chi connectivity index (χ4n) is 3.37. The number of benzene rings is 2. The van der Waals surface area contributed by atoms with Crippen LogP contribution >= 0.6 is 23.1 Å². The Balaban J connectivity index is 1.44. The number of carbonyl (C=O) groups excluding carboxylic acids is 2. The van der Waals surface area contributed by atoms with E-state index in [0.717, 1.165) is 23.1 Å². The fourth-order valence-corrected chi connectivity index (χ4v) is 5.05. The van der Waals surface area contributed by atoms with Crippen LogP contribution in [0, 0.1) is 5.82 Å². The normalized spacial score (nSPS) is 11.0. The van der Waals surface area contributed by atoms with Crippen LogP contribution in [0.4, 0.5) is 18.2 Å². The summed E-state index contributed by atoms with van der Waals surface area (Å²) in [7, 11) is 2.95. The minimum absolute atomic E-state index is 0.0228. The van der Waals surface area contributed by atoms with Gasteiger partial charge in [-0.3, -0.25) is 4.79 Å². The smallest absolute Gasteiger partial charge is 0.387 e. The maximum absolute atomic E-state index is 13.3. The molecule has 0 spiro atoms. The molecule has 8 nitrogen and oxygen atoms in total. The van der Waals surface area contributed by atoms with Gasteiger partial charge in [0.1, 0.15) is 22.1 Å². The van der Waals surface area contributed by atoms with Crippen molar-refractivity contribution in [3.63, 3.8) is 0 Å². The molecule has 0 saturated heterocycles. The summed E-state index contributed by atoms with van der Waals surface area (Å²) in [4.78, 5) is 25.2. The van der Waals surface area contributed by atoms with E-state index in [-0.39, 0.29) is 23.0 Å². The number of anilines is 1. The van der Waals surface area contributed by atoms with Crippen LogP contribution in [0.5, 0.6) is 5.75 Å². The van der Waals surface area contributed by atoms with Crippen molar-refractivity contribution in [1.29, 1.82) is 0 Å². The van der Waals surface area contributed by atoms with Crippen molar-refractivity contribution in [3.8, 4) is 28.3 Å². The van der Waals surface area contributed by atoms with E-state index in [1.54, 1.807) is 29.1 Å². The fraction of sp³-hybridized carbons (Fsp3) is 0.167. The maximum Gasteiger partial charge on any atom is 0.387 e. The molecule has 4 rings (SSSR count). The van der Waals surface area contributed by atoms with Gasteiger partial charge in [-0.2, -0.15) is 8.78 Å². The molecule has 0 aliphatic heterocycles. The average Bonchev–Trinajstić information content (AvgIpc) is 3.46. The van der Waals surface area contributed by atoms with Gasteiger partial charge >= 0.3 is 12.6 Å². The molecule has 0 unspecified atom stereocenters. The number of thioether (sulfide) groups is 1. The van der Waals surface area contributed by atoms with Gasteiger partial charge in [-0.25, -0.2) is 9.18 Å². The van der Waals surface area contributed by atoms with Gasteiger partial charge in [0.2, 0.25) is 5.91 Å². The van der Waals surface area contributed by atoms with E-state index in [4.69, 9.17) is 4.74 Å². The molecule has 13 heteroatoms. The molecule has 0 aliphatic carbocycles. The predicted molar refractivity (Wildman–Crippen MR) is 133 cm³/mol. The minimum atomic E-state index is -2.91. The lowest BCUT2D eigenvalue weighted by atomic mass is 10.0. The zero-order chi connectivity index (χ0) is 26.5. The quantitative estimate of drug-likeness (QED) is 0.219. The molecule has 0 aliphatic rings. The van der Waals surface area contributed by atoms with E-state index in [1.807, 2.05) is 0 Å². The molecule has 1 N–H and O–H groups in total. The highest BCUT2D eigenvalue weighted by Gasteiger charge is 2.23. The molecule has 37 heavy (non-hydrogen) atoms. The number of aromatic nitrogens is 3. The lowest BCUT2D eigenvalue weighted by Gasteiger charge is -2.08. The third-order valence-electron chi connectivity index (χ3n) is 5.09. The molecule has 0 bridgehead atoms. The second kappa shape index (κ2) is 11.5. The summed E-state index contributed by atoms with van der Waals surface area (Å²) in [5, 5.41) is 13.4. The first-order valence-corrected chi connectivity index (χ1v) is 12.5. The molecule has 2 heterocycles. The van der Waals surface area contributed by atoms with Crippen molar-refractivity contribution in [3.05, 3.63) is 65.3 Å². The summed E-state index contributed by atoms with van der Waals surface area (Å²) in [5.41, 5.74) is 1.93. The molecule has 0 atom stereocenters. The Morgan fingerprint density at radius 3 is 2.41 bits per heavy atom. The molecule has 192 valence electrons. The Morgan fingerprint density at radius 2 is 1.76 bits per heavy atom. The van der Waals surface area contributed by atoms with Gasteiger partial charge in [0.05, 0.1) is 12.9 Å². The van der Waals surface area contributed by atoms with Gasteiger partial charge in [-0.1, -0.05) is 23.9 Å². The van der Waals surface area contributed by atoms with E-state index in [0.29, 0.717) is 32.7 Å². The van der Waals surface area contributed by atoms with E-state index >= 15 is 0 Å². The van der Waals surface area contributed by atoms with Crippen LogP contribution in [0.2, 0.25) is 0 Å². The number of methoxy groups -OCH3 is 1. The topological polar surface area (TPSA) is 95.3 Å². The highest BCUT2D eigenvalue weighted by molar-refractivity contribution is 7.99. The number of carbonyl (C=O) groups is 2. The molecule has 0 radical (unpaired) electrons.